The first-order chi connectivity index (χ1) is 10.8. The van der Waals surface area contributed by atoms with Crippen molar-refractivity contribution in [1.29, 1.82) is 0 Å². The molecule has 0 spiro atoms. The summed E-state index contributed by atoms with van der Waals surface area (Å²) in [5.74, 6) is -2.73. The van der Waals surface area contributed by atoms with Gasteiger partial charge in [-0.05, 0) is 31.0 Å². The number of carbonyl (C=O) groups is 1. The topological polar surface area (TPSA) is 59.0 Å². The lowest BCUT2D eigenvalue weighted by Gasteiger charge is -2.26. The second kappa shape index (κ2) is 7.18. The van der Waals surface area contributed by atoms with Crippen molar-refractivity contribution in [1.82, 2.24) is 4.90 Å². The van der Waals surface area contributed by atoms with Gasteiger partial charge in [0.15, 0.2) is 0 Å². The average molecular weight is 333 g/mol. The molecule has 0 saturated carbocycles. The van der Waals surface area contributed by atoms with Crippen molar-refractivity contribution in [3.8, 4) is 11.5 Å². The minimum Gasteiger partial charge on any atom is -0.508 e. The Bertz CT molecular complexity index is 569. The highest BCUT2D eigenvalue weighted by molar-refractivity contribution is 5.78. The van der Waals surface area contributed by atoms with Crippen molar-refractivity contribution in [2.45, 2.75) is 19.5 Å². The van der Waals surface area contributed by atoms with E-state index in [9.17, 15) is 23.1 Å². The molecule has 1 aliphatic rings. The smallest absolute Gasteiger partial charge is 0.491 e. The summed E-state index contributed by atoms with van der Waals surface area (Å²) in [7, 11) is 0. The Morgan fingerprint density at radius 3 is 2.61 bits per heavy atom. The van der Waals surface area contributed by atoms with E-state index < -0.39 is 12.1 Å². The van der Waals surface area contributed by atoms with E-state index in [1.165, 1.54) is 12.1 Å². The number of alkyl halides is 3. The van der Waals surface area contributed by atoms with Crippen molar-refractivity contribution in [2.75, 3.05) is 32.8 Å². The van der Waals surface area contributed by atoms with Gasteiger partial charge in [-0.15, -0.1) is 0 Å². The third kappa shape index (κ3) is 4.84. The van der Waals surface area contributed by atoms with Crippen LogP contribution in [-0.4, -0.2) is 55.0 Å². The van der Waals surface area contributed by atoms with E-state index in [1.807, 2.05) is 0 Å². The van der Waals surface area contributed by atoms with Crippen LogP contribution in [0.15, 0.2) is 12.1 Å². The minimum atomic E-state index is -5.08. The van der Waals surface area contributed by atoms with Crippen LogP contribution in [0.4, 0.5) is 13.2 Å². The van der Waals surface area contributed by atoms with Crippen molar-refractivity contribution in [3.05, 3.63) is 23.3 Å². The first-order valence-electron chi connectivity index (χ1n) is 7.19. The Kier molecular flexibility index (Phi) is 5.48. The molecule has 0 atom stereocenters. The summed E-state index contributed by atoms with van der Waals surface area (Å²) in [5.41, 5.74) is 0.697. The summed E-state index contributed by atoms with van der Waals surface area (Å²) in [5, 5.41) is 10.0. The van der Waals surface area contributed by atoms with Crippen LogP contribution in [0.25, 0.3) is 0 Å². The largest absolute Gasteiger partial charge is 0.508 e. The highest BCUT2D eigenvalue weighted by Crippen LogP contribution is 2.32. The summed E-state index contributed by atoms with van der Waals surface area (Å²) in [4.78, 5) is 13.1. The number of aromatic hydroxyl groups is 1. The fourth-order valence-corrected chi connectivity index (χ4v) is 2.36. The number of morpholine rings is 1. The molecule has 1 aromatic carbocycles. The van der Waals surface area contributed by atoms with E-state index in [2.05, 4.69) is 9.64 Å². The fraction of sp³-hybridized carbons (Fsp3) is 0.533. The number of esters is 1. The van der Waals surface area contributed by atoms with Crippen molar-refractivity contribution >= 4 is 5.97 Å². The van der Waals surface area contributed by atoms with Crippen LogP contribution in [0.2, 0.25) is 0 Å². The summed E-state index contributed by atoms with van der Waals surface area (Å²) >= 11 is 0. The standard InChI is InChI=1S/C15H18F3NO4/c1-10-8-12(20)11(2-3-19-4-6-22-7-5-19)13(9-10)23-14(21)15(16,17)18/h8-9,20H,2-7H2,1H3. The van der Waals surface area contributed by atoms with E-state index >= 15 is 0 Å². The zero-order valence-electron chi connectivity index (χ0n) is 12.7. The molecule has 0 bridgehead atoms. The number of rotatable bonds is 4. The Morgan fingerprint density at radius 2 is 2.00 bits per heavy atom. The number of hydrogen-bond donors (Lipinski definition) is 1. The molecular formula is C15H18F3NO4. The zero-order valence-corrected chi connectivity index (χ0v) is 12.7. The quantitative estimate of drug-likeness (QED) is 0.675. The number of hydrogen-bond acceptors (Lipinski definition) is 5. The molecule has 0 aromatic heterocycles. The molecule has 0 aliphatic carbocycles. The van der Waals surface area contributed by atoms with E-state index in [-0.39, 0.29) is 23.5 Å². The molecule has 1 N–H and O–H groups in total. The number of halogens is 3. The second-order valence-electron chi connectivity index (χ2n) is 5.35. The van der Waals surface area contributed by atoms with E-state index in [4.69, 9.17) is 4.74 Å². The average Bonchev–Trinajstić information content (AvgIpc) is 2.46. The third-order valence-electron chi connectivity index (χ3n) is 3.55. The summed E-state index contributed by atoms with van der Waals surface area (Å²) < 4.78 is 46.8. The fourth-order valence-electron chi connectivity index (χ4n) is 2.36. The van der Waals surface area contributed by atoms with Gasteiger partial charge in [0, 0.05) is 25.2 Å². The third-order valence-corrected chi connectivity index (χ3v) is 3.55. The molecule has 0 unspecified atom stereocenters. The lowest BCUT2D eigenvalue weighted by molar-refractivity contribution is -0.189. The molecule has 128 valence electrons. The van der Waals surface area contributed by atoms with Gasteiger partial charge in [-0.25, -0.2) is 4.79 Å². The van der Waals surface area contributed by atoms with Crippen molar-refractivity contribution < 1.29 is 32.5 Å². The van der Waals surface area contributed by atoms with Gasteiger partial charge in [0.05, 0.1) is 13.2 Å². The number of carbonyl (C=O) groups excluding carboxylic acids is 1. The van der Waals surface area contributed by atoms with Gasteiger partial charge in [0.1, 0.15) is 11.5 Å². The lowest BCUT2D eigenvalue weighted by Crippen LogP contribution is -2.37. The molecule has 1 saturated heterocycles. The van der Waals surface area contributed by atoms with Crippen LogP contribution in [-0.2, 0) is 16.0 Å². The van der Waals surface area contributed by atoms with Gasteiger partial charge in [0.25, 0.3) is 0 Å². The molecule has 1 aliphatic heterocycles. The molecular weight excluding hydrogens is 315 g/mol. The van der Waals surface area contributed by atoms with Crippen LogP contribution in [0.3, 0.4) is 0 Å². The highest BCUT2D eigenvalue weighted by Gasteiger charge is 2.41. The Balaban J connectivity index is 2.14. The normalized spacial score (nSPS) is 16.3. The molecule has 1 heterocycles. The number of nitrogens with zero attached hydrogens (tertiary/aromatic N) is 1. The molecule has 2 rings (SSSR count). The highest BCUT2D eigenvalue weighted by atomic mass is 19.4. The minimum absolute atomic E-state index is 0.178. The van der Waals surface area contributed by atoms with Gasteiger partial charge in [-0.3, -0.25) is 4.90 Å². The Hall–Kier alpha value is -1.80. The molecule has 8 heteroatoms. The van der Waals surface area contributed by atoms with Gasteiger partial charge in [0.2, 0.25) is 0 Å². The number of phenols is 1. The van der Waals surface area contributed by atoms with Gasteiger partial charge in [-0.1, -0.05) is 0 Å². The first kappa shape index (κ1) is 17.6. The zero-order chi connectivity index (χ0) is 17.0. The van der Waals surface area contributed by atoms with Crippen LogP contribution in [0.5, 0.6) is 11.5 Å². The number of benzene rings is 1. The summed E-state index contributed by atoms with van der Waals surface area (Å²) in [6.45, 7) is 4.73. The Morgan fingerprint density at radius 1 is 1.35 bits per heavy atom. The monoisotopic (exact) mass is 333 g/mol. The van der Waals surface area contributed by atoms with Crippen LogP contribution in [0.1, 0.15) is 11.1 Å². The molecule has 0 radical (unpaired) electrons. The number of phenolic OH excluding ortho intramolecular Hbond substituents is 1. The van der Waals surface area contributed by atoms with Crippen molar-refractivity contribution in [3.63, 3.8) is 0 Å². The maximum absolute atomic E-state index is 12.4. The van der Waals surface area contributed by atoms with Crippen LogP contribution >= 0.6 is 0 Å². The van der Waals surface area contributed by atoms with E-state index in [0.717, 1.165) is 0 Å². The first-order valence-corrected chi connectivity index (χ1v) is 7.19. The predicted octanol–water partition coefficient (Wildman–Crippen LogP) is 2.04. The summed E-state index contributed by atoms with van der Waals surface area (Å²) in [6, 6.07) is 2.75. The van der Waals surface area contributed by atoms with Crippen LogP contribution in [0, 0.1) is 6.92 Å². The number of ether oxygens (including phenoxy) is 2. The lowest BCUT2D eigenvalue weighted by atomic mass is 10.1. The van der Waals surface area contributed by atoms with Crippen LogP contribution < -0.4 is 4.74 Å². The maximum Gasteiger partial charge on any atom is 0.491 e. The number of aryl methyl sites for hydroxylation is 1. The van der Waals surface area contributed by atoms with E-state index in [0.29, 0.717) is 38.4 Å². The van der Waals surface area contributed by atoms with Gasteiger partial charge >= 0.3 is 12.1 Å². The molecule has 23 heavy (non-hydrogen) atoms. The van der Waals surface area contributed by atoms with Gasteiger partial charge in [-0.2, -0.15) is 13.2 Å². The van der Waals surface area contributed by atoms with Gasteiger partial charge < -0.3 is 14.6 Å². The molecule has 5 nitrogen and oxygen atoms in total. The second-order valence-corrected chi connectivity index (χ2v) is 5.35. The summed E-state index contributed by atoms with van der Waals surface area (Å²) in [6.07, 6.45) is -4.81. The van der Waals surface area contributed by atoms with E-state index in [1.54, 1.807) is 6.92 Å². The Labute approximate surface area is 131 Å². The van der Waals surface area contributed by atoms with Crippen molar-refractivity contribution in [2.24, 2.45) is 0 Å². The molecule has 1 aromatic rings. The molecule has 1 fully saturated rings. The maximum atomic E-state index is 12.4. The SMILES string of the molecule is Cc1cc(O)c(CCN2CCOCC2)c(OC(=O)C(F)(F)F)c1. The predicted molar refractivity (Wildman–Crippen MR) is 75.5 cm³/mol. The molecule has 0 amide bonds.